The third-order valence-electron chi connectivity index (χ3n) is 3.92. The zero-order valence-corrected chi connectivity index (χ0v) is 15.2. The van der Waals surface area contributed by atoms with Gasteiger partial charge in [0.25, 0.3) is 0 Å². The van der Waals surface area contributed by atoms with Gasteiger partial charge in [-0.15, -0.1) is 24.8 Å². The van der Waals surface area contributed by atoms with Gasteiger partial charge in [0.05, 0.1) is 0 Å². The molecule has 1 rings (SSSR count). The summed E-state index contributed by atoms with van der Waals surface area (Å²) in [6, 6.07) is 0. The highest BCUT2D eigenvalue weighted by molar-refractivity contribution is 5.85. The molecule has 0 saturated carbocycles. The van der Waals surface area contributed by atoms with E-state index in [-0.39, 0.29) is 24.8 Å². The van der Waals surface area contributed by atoms with Crippen LogP contribution in [0.1, 0.15) is 46.0 Å². The molecule has 4 nitrogen and oxygen atoms in total. The van der Waals surface area contributed by atoms with Crippen LogP contribution in [-0.2, 0) is 4.79 Å². The molecule has 1 aliphatic heterocycles. The number of nitrogens with two attached hydrogens (primary N) is 1. The Labute approximate surface area is 142 Å². The molecule has 0 bridgehead atoms. The minimum absolute atomic E-state index is 0. The molecule has 0 aliphatic carbocycles. The molecule has 1 aliphatic rings. The molecule has 2 N–H and O–H groups in total. The van der Waals surface area contributed by atoms with E-state index in [1.807, 2.05) is 4.90 Å². The number of carbonyl (C=O) groups is 1. The van der Waals surface area contributed by atoms with Crippen molar-refractivity contribution in [3.05, 3.63) is 0 Å². The Hall–Kier alpha value is -0.0300. The van der Waals surface area contributed by atoms with Gasteiger partial charge in [0.15, 0.2) is 0 Å². The summed E-state index contributed by atoms with van der Waals surface area (Å²) in [5.74, 6) is 0.851. The smallest absolute Gasteiger partial charge is 0.222 e. The first-order chi connectivity index (χ1) is 9.21. The van der Waals surface area contributed by atoms with Gasteiger partial charge in [0.1, 0.15) is 0 Å². The molecular weight excluding hydrogens is 309 g/mol. The van der Waals surface area contributed by atoms with Gasteiger partial charge >= 0.3 is 0 Å². The van der Waals surface area contributed by atoms with E-state index >= 15 is 0 Å². The number of hydrogen-bond donors (Lipinski definition) is 1. The number of amides is 1. The predicted molar refractivity (Wildman–Crippen MR) is 94.5 cm³/mol. The second-order valence-electron chi connectivity index (χ2n) is 5.68. The minimum atomic E-state index is 0. The van der Waals surface area contributed by atoms with Crippen LogP contribution in [0, 0.1) is 5.92 Å². The van der Waals surface area contributed by atoms with Crippen LogP contribution >= 0.6 is 24.8 Å². The van der Waals surface area contributed by atoms with Gasteiger partial charge in [-0.2, -0.15) is 0 Å². The van der Waals surface area contributed by atoms with Crippen molar-refractivity contribution in [2.45, 2.75) is 46.0 Å². The van der Waals surface area contributed by atoms with Crippen molar-refractivity contribution in [3.63, 3.8) is 0 Å². The number of rotatable bonds is 9. The summed E-state index contributed by atoms with van der Waals surface area (Å²) in [5.41, 5.74) is 5.66. The molecule has 1 atom stereocenters. The average Bonchev–Trinajstić information content (AvgIpc) is 2.88. The lowest BCUT2D eigenvalue weighted by Gasteiger charge is -2.21. The zero-order valence-electron chi connectivity index (χ0n) is 13.6. The molecule has 0 radical (unpaired) electrons. The van der Waals surface area contributed by atoms with Gasteiger partial charge < -0.3 is 15.5 Å². The number of nitrogens with zero attached hydrogens (tertiary/aromatic N) is 2. The van der Waals surface area contributed by atoms with E-state index < -0.39 is 0 Å². The third kappa shape index (κ3) is 8.87. The number of hydrogen-bond acceptors (Lipinski definition) is 3. The predicted octanol–water partition coefficient (Wildman–Crippen LogP) is 2.54. The van der Waals surface area contributed by atoms with Gasteiger partial charge in [-0.05, 0) is 57.8 Å². The van der Waals surface area contributed by atoms with Crippen molar-refractivity contribution in [2.24, 2.45) is 11.7 Å². The molecule has 1 fully saturated rings. The van der Waals surface area contributed by atoms with Crippen LogP contribution in [0.25, 0.3) is 0 Å². The zero-order chi connectivity index (χ0) is 14.1. The van der Waals surface area contributed by atoms with Gasteiger partial charge in [-0.25, -0.2) is 0 Å². The van der Waals surface area contributed by atoms with Crippen molar-refractivity contribution in [1.29, 1.82) is 0 Å². The molecule has 128 valence electrons. The molecule has 0 aromatic heterocycles. The molecule has 21 heavy (non-hydrogen) atoms. The summed E-state index contributed by atoms with van der Waals surface area (Å²) in [7, 11) is 0. The van der Waals surface area contributed by atoms with Crippen molar-refractivity contribution in [3.8, 4) is 0 Å². The van der Waals surface area contributed by atoms with Crippen LogP contribution in [0.3, 0.4) is 0 Å². The SMILES string of the molecule is CCCN(CCC)CCCC(=O)N1CCC(CN)C1.Cl.Cl. The molecule has 1 saturated heterocycles. The molecule has 0 spiro atoms. The van der Waals surface area contributed by atoms with Crippen molar-refractivity contribution in [1.82, 2.24) is 9.80 Å². The van der Waals surface area contributed by atoms with Gasteiger partial charge in [0.2, 0.25) is 5.91 Å². The molecule has 0 aromatic carbocycles. The second-order valence-corrected chi connectivity index (χ2v) is 5.68. The van der Waals surface area contributed by atoms with Crippen LogP contribution in [0.2, 0.25) is 0 Å². The fraction of sp³-hybridized carbons (Fsp3) is 0.933. The van der Waals surface area contributed by atoms with E-state index in [0.717, 1.165) is 45.6 Å². The topological polar surface area (TPSA) is 49.6 Å². The Morgan fingerprint density at radius 1 is 1.19 bits per heavy atom. The highest BCUT2D eigenvalue weighted by Gasteiger charge is 2.24. The van der Waals surface area contributed by atoms with E-state index in [0.29, 0.717) is 24.8 Å². The monoisotopic (exact) mass is 341 g/mol. The van der Waals surface area contributed by atoms with Crippen LogP contribution in [-0.4, -0.2) is 55.0 Å². The lowest BCUT2D eigenvalue weighted by molar-refractivity contribution is -0.130. The van der Waals surface area contributed by atoms with E-state index in [9.17, 15) is 4.79 Å². The molecule has 6 heteroatoms. The average molecular weight is 342 g/mol. The quantitative estimate of drug-likeness (QED) is 0.701. The van der Waals surface area contributed by atoms with Crippen LogP contribution in [0.4, 0.5) is 0 Å². The molecule has 1 heterocycles. The first-order valence-corrected chi connectivity index (χ1v) is 7.91. The van der Waals surface area contributed by atoms with Crippen molar-refractivity contribution in [2.75, 3.05) is 39.3 Å². The van der Waals surface area contributed by atoms with E-state index in [1.165, 1.54) is 12.8 Å². The maximum atomic E-state index is 12.1. The number of likely N-dealkylation sites (tertiary alicyclic amines) is 1. The normalized spacial score (nSPS) is 17.5. The highest BCUT2D eigenvalue weighted by atomic mass is 35.5. The lowest BCUT2D eigenvalue weighted by atomic mass is 10.1. The minimum Gasteiger partial charge on any atom is -0.342 e. The molecule has 0 aromatic rings. The summed E-state index contributed by atoms with van der Waals surface area (Å²) in [5, 5.41) is 0. The van der Waals surface area contributed by atoms with Crippen LogP contribution in [0.15, 0.2) is 0 Å². The first-order valence-electron chi connectivity index (χ1n) is 7.91. The van der Waals surface area contributed by atoms with E-state index in [4.69, 9.17) is 5.73 Å². The Kier molecular flexibility index (Phi) is 15.1. The Morgan fingerprint density at radius 3 is 2.29 bits per heavy atom. The standard InChI is InChI=1S/C15H31N3O.2ClH/c1-3-8-17(9-4-2)10-5-6-15(19)18-11-7-14(12-16)13-18;;/h14H,3-13,16H2,1-2H3;2*1H. The maximum absolute atomic E-state index is 12.1. The molecular formula is C15H33Cl2N3O. The summed E-state index contributed by atoms with van der Waals surface area (Å²) >= 11 is 0. The Balaban J connectivity index is 0. The summed E-state index contributed by atoms with van der Waals surface area (Å²) < 4.78 is 0. The largest absolute Gasteiger partial charge is 0.342 e. The Bertz CT molecular complexity index is 261. The third-order valence-corrected chi connectivity index (χ3v) is 3.92. The van der Waals surface area contributed by atoms with Gasteiger partial charge in [0, 0.05) is 19.5 Å². The Morgan fingerprint density at radius 2 is 1.81 bits per heavy atom. The summed E-state index contributed by atoms with van der Waals surface area (Å²) in [4.78, 5) is 16.5. The van der Waals surface area contributed by atoms with E-state index in [2.05, 4.69) is 18.7 Å². The second kappa shape index (κ2) is 13.6. The van der Waals surface area contributed by atoms with Gasteiger partial charge in [-0.3, -0.25) is 4.79 Å². The number of halogens is 2. The highest BCUT2D eigenvalue weighted by Crippen LogP contribution is 2.16. The van der Waals surface area contributed by atoms with Crippen LogP contribution in [0.5, 0.6) is 0 Å². The molecule has 1 unspecified atom stereocenters. The van der Waals surface area contributed by atoms with E-state index in [1.54, 1.807) is 0 Å². The van der Waals surface area contributed by atoms with Crippen LogP contribution < -0.4 is 5.73 Å². The fourth-order valence-corrected chi connectivity index (χ4v) is 2.83. The van der Waals surface area contributed by atoms with Crippen molar-refractivity contribution >= 4 is 30.7 Å². The number of carbonyl (C=O) groups excluding carboxylic acids is 1. The summed E-state index contributed by atoms with van der Waals surface area (Å²) in [6.45, 7) is 10.3. The summed E-state index contributed by atoms with van der Waals surface area (Å²) in [6.07, 6.45) is 5.15. The van der Waals surface area contributed by atoms with Gasteiger partial charge in [-0.1, -0.05) is 13.8 Å². The fourth-order valence-electron chi connectivity index (χ4n) is 2.83. The first kappa shape index (κ1) is 23.2. The maximum Gasteiger partial charge on any atom is 0.222 e. The lowest BCUT2D eigenvalue weighted by Crippen LogP contribution is -2.31. The molecule has 1 amide bonds. The van der Waals surface area contributed by atoms with Crippen molar-refractivity contribution < 1.29 is 4.79 Å².